The second-order valence-electron chi connectivity index (χ2n) is 4.15. The second-order valence-corrected chi connectivity index (χ2v) is 4.15. The number of hydrogen-bond acceptors (Lipinski definition) is 5. The van der Waals surface area contributed by atoms with Gasteiger partial charge in [-0.05, 0) is 24.6 Å². The summed E-state index contributed by atoms with van der Waals surface area (Å²) in [6, 6.07) is 7.25. The van der Waals surface area contributed by atoms with E-state index in [0.29, 0.717) is 24.5 Å². The van der Waals surface area contributed by atoms with Crippen molar-refractivity contribution in [3.63, 3.8) is 0 Å². The molecule has 0 saturated carbocycles. The van der Waals surface area contributed by atoms with Crippen LogP contribution in [-0.2, 0) is 4.79 Å². The number of carbonyl (C=O) groups is 1. The summed E-state index contributed by atoms with van der Waals surface area (Å²) in [5, 5.41) is 10.3. The van der Waals surface area contributed by atoms with Crippen LogP contribution in [0.2, 0.25) is 0 Å². The number of rotatable bonds is 5. The summed E-state index contributed by atoms with van der Waals surface area (Å²) in [6.45, 7) is 2.28. The summed E-state index contributed by atoms with van der Waals surface area (Å²) < 4.78 is 5.11. The standard InChI is InChI=1S/C13H16N4O2/c1-2-9(7-14)12(18)16-11-5-3-4-10(6-11)13-17-15-8-19-13/h3-6,8-9H,2,7,14H2,1H3,(H,16,18). The Morgan fingerprint density at radius 3 is 3.00 bits per heavy atom. The van der Waals surface area contributed by atoms with Gasteiger partial charge in [0.15, 0.2) is 0 Å². The molecular formula is C13H16N4O2. The first-order valence-electron chi connectivity index (χ1n) is 6.12. The molecule has 3 N–H and O–H groups in total. The van der Waals surface area contributed by atoms with Crippen LogP contribution in [0.5, 0.6) is 0 Å². The molecule has 0 fully saturated rings. The van der Waals surface area contributed by atoms with E-state index in [9.17, 15) is 4.79 Å². The number of nitrogens with zero attached hydrogens (tertiary/aromatic N) is 2. The summed E-state index contributed by atoms with van der Waals surface area (Å²) in [4.78, 5) is 11.9. The van der Waals surface area contributed by atoms with E-state index in [1.165, 1.54) is 6.39 Å². The zero-order chi connectivity index (χ0) is 13.7. The third-order valence-corrected chi connectivity index (χ3v) is 2.89. The lowest BCUT2D eigenvalue weighted by atomic mass is 10.1. The van der Waals surface area contributed by atoms with Crippen molar-refractivity contribution in [2.24, 2.45) is 11.7 Å². The molecule has 0 saturated heterocycles. The monoisotopic (exact) mass is 260 g/mol. The molecule has 0 aliphatic rings. The van der Waals surface area contributed by atoms with Crippen molar-refractivity contribution in [3.05, 3.63) is 30.7 Å². The molecule has 1 heterocycles. The molecule has 1 unspecified atom stereocenters. The number of anilines is 1. The summed E-state index contributed by atoms with van der Waals surface area (Å²) in [5.74, 6) is 0.168. The van der Waals surface area contributed by atoms with Gasteiger partial charge in [0.1, 0.15) is 0 Å². The van der Waals surface area contributed by atoms with Gasteiger partial charge in [0.2, 0.25) is 18.2 Å². The molecule has 1 aromatic heterocycles. The van der Waals surface area contributed by atoms with Crippen LogP contribution in [0.1, 0.15) is 13.3 Å². The molecule has 2 rings (SSSR count). The number of benzene rings is 1. The fraction of sp³-hybridized carbons (Fsp3) is 0.308. The Labute approximate surface area is 111 Å². The molecule has 1 aromatic carbocycles. The van der Waals surface area contributed by atoms with Crippen molar-refractivity contribution in [3.8, 4) is 11.5 Å². The van der Waals surface area contributed by atoms with Crippen molar-refractivity contribution in [1.82, 2.24) is 10.2 Å². The highest BCUT2D eigenvalue weighted by atomic mass is 16.4. The predicted molar refractivity (Wildman–Crippen MR) is 71.2 cm³/mol. The first-order valence-corrected chi connectivity index (χ1v) is 6.12. The van der Waals surface area contributed by atoms with Crippen molar-refractivity contribution in [1.29, 1.82) is 0 Å². The van der Waals surface area contributed by atoms with Crippen LogP contribution in [0.25, 0.3) is 11.5 Å². The van der Waals surface area contributed by atoms with Gasteiger partial charge < -0.3 is 15.5 Å². The lowest BCUT2D eigenvalue weighted by Gasteiger charge is -2.12. The number of aromatic nitrogens is 2. The molecule has 0 aliphatic heterocycles. The Kier molecular flexibility index (Phi) is 4.25. The van der Waals surface area contributed by atoms with Crippen LogP contribution < -0.4 is 11.1 Å². The largest absolute Gasteiger partial charge is 0.423 e. The zero-order valence-corrected chi connectivity index (χ0v) is 10.7. The summed E-state index contributed by atoms with van der Waals surface area (Å²) in [7, 11) is 0. The van der Waals surface area contributed by atoms with Gasteiger partial charge in [0, 0.05) is 17.8 Å². The topological polar surface area (TPSA) is 94.0 Å². The number of carbonyl (C=O) groups excluding carboxylic acids is 1. The van der Waals surface area contributed by atoms with E-state index in [4.69, 9.17) is 10.2 Å². The fourth-order valence-corrected chi connectivity index (χ4v) is 1.73. The molecule has 1 atom stereocenters. The molecule has 6 heteroatoms. The van der Waals surface area contributed by atoms with Crippen LogP contribution >= 0.6 is 0 Å². The Morgan fingerprint density at radius 2 is 2.37 bits per heavy atom. The minimum atomic E-state index is -0.174. The molecular weight excluding hydrogens is 244 g/mol. The molecule has 100 valence electrons. The maximum atomic E-state index is 11.9. The van der Waals surface area contributed by atoms with Gasteiger partial charge in [-0.15, -0.1) is 10.2 Å². The average molecular weight is 260 g/mol. The molecule has 0 spiro atoms. The van der Waals surface area contributed by atoms with Crippen LogP contribution in [0.3, 0.4) is 0 Å². The minimum Gasteiger partial charge on any atom is -0.423 e. The summed E-state index contributed by atoms with van der Waals surface area (Å²) in [6.07, 6.45) is 1.98. The first kappa shape index (κ1) is 13.2. The molecule has 0 aliphatic carbocycles. The molecule has 0 radical (unpaired) electrons. The van der Waals surface area contributed by atoms with E-state index in [-0.39, 0.29) is 11.8 Å². The highest BCUT2D eigenvalue weighted by Crippen LogP contribution is 2.20. The lowest BCUT2D eigenvalue weighted by molar-refractivity contribution is -0.119. The highest BCUT2D eigenvalue weighted by molar-refractivity contribution is 5.93. The molecule has 2 aromatic rings. The number of hydrogen-bond donors (Lipinski definition) is 2. The van der Waals surface area contributed by atoms with Crippen LogP contribution in [0.4, 0.5) is 5.69 Å². The van der Waals surface area contributed by atoms with Crippen molar-refractivity contribution in [2.75, 3.05) is 11.9 Å². The lowest BCUT2D eigenvalue weighted by Crippen LogP contribution is -2.28. The number of amides is 1. The third kappa shape index (κ3) is 3.17. The SMILES string of the molecule is CCC(CN)C(=O)Nc1cccc(-c2nnco2)c1. The molecule has 6 nitrogen and oxygen atoms in total. The molecule has 0 bridgehead atoms. The zero-order valence-electron chi connectivity index (χ0n) is 10.7. The van der Waals surface area contributed by atoms with E-state index in [1.54, 1.807) is 12.1 Å². The highest BCUT2D eigenvalue weighted by Gasteiger charge is 2.14. The van der Waals surface area contributed by atoms with Crippen LogP contribution in [0.15, 0.2) is 35.1 Å². The van der Waals surface area contributed by atoms with E-state index in [0.717, 1.165) is 5.56 Å². The Hall–Kier alpha value is -2.21. The van der Waals surface area contributed by atoms with Crippen molar-refractivity contribution >= 4 is 11.6 Å². The van der Waals surface area contributed by atoms with Crippen molar-refractivity contribution in [2.45, 2.75) is 13.3 Å². The maximum Gasteiger partial charge on any atom is 0.247 e. The van der Waals surface area contributed by atoms with E-state index in [1.807, 2.05) is 19.1 Å². The summed E-state index contributed by atoms with van der Waals surface area (Å²) >= 11 is 0. The smallest absolute Gasteiger partial charge is 0.247 e. The fourth-order valence-electron chi connectivity index (χ4n) is 1.73. The first-order chi connectivity index (χ1) is 9.24. The van der Waals surface area contributed by atoms with Gasteiger partial charge in [0.05, 0.1) is 5.92 Å². The molecule has 19 heavy (non-hydrogen) atoms. The molecule has 1 amide bonds. The van der Waals surface area contributed by atoms with E-state index < -0.39 is 0 Å². The Morgan fingerprint density at radius 1 is 1.53 bits per heavy atom. The van der Waals surface area contributed by atoms with Gasteiger partial charge in [-0.3, -0.25) is 4.79 Å². The number of nitrogens with one attached hydrogen (secondary N) is 1. The Balaban J connectivity index is 2.14. The van der Waals surface area contributed by atoms with E-state index in [2.05, 4.69) is 15.5 Å². The van der Waals surface area contributed by atoms with E-state index >= 15 is 0 Å². The van der Waals surface area contributed by atoms with Gasteiger partial charge in [-0.1, -0.05) is 13.0 Å². The van der Waals surface area contributed by atoms with Crippen molar-refractivity contribution < 1.29 is 9.21 Å². The van der Waals surface area contributed by atoms with Gasteiger partial charge in [-0.25, -0.2) is 0 Å². The van der Waals surface area contributed by atoms with Crippen LogP contribution in [0, 0.1) is 5.92 Å². The number of nitrogens with two attached hydrogens (primary N) is 1. The van der Waals surface area contributed by atoms with Gasteiger partial charge in [0.25, 0.3) is 0 Å². The predicted octanol–water partition coefficient (Wildman–Crippen LogP) is 1.66. The van der Waals surface area contributed by atoms with Gasteiger partial charge in [-0.2, -0.15) is 0 Å². The average Bonchev–Trinajstić information content (AvgIpc) is 2.94. The second kappa shape index (κ2) is 6.10. The van der Waals surface area contributed by atoms with Gasteiger partial charge >= 0.3 is 0 Å². The third-order valence-electron chi connectivity index (χ3n) is 2.89. The minimum absolute atomic E-state index is 0.0762. The normalized spacial score (nSPS) is 12.1. The summed E-state index contributed by atoms with van der Waals surface area (Å²) in [5.41, 5.74) is 7.00. The van der Waals surface area contributed by atoms with Crippen LogP contribution in [-0.4, -0.2) is 22.6 Å². The maximum absolute atomic E-state index is 11.9. The quantitative estimate of drug-likeness (QED) is 0.852. The Bertz CT molecular complexity index is 535.